The molecule has 0 rings (SSSR count). The number of rotatable bonds is 49. The average molecular weight is 977 g/mol. The molecular formula is C56H97O11P. The Bertz CT molecular complexity index is 1420. The molecule has 0 aliphatic carbocycles. The van der Waals surface area contributed by atoms with Gasteiger partial charge in [0.1, 0.15) is 12.7 Å². The Labute approximate surface area is 414 Å². The zero-order valence-electron chi connectivity index (χ0n) is 43.1. The van der Waals surface area contributed by atoms with Crippen LogP contribution in [0, 0.1) is 0 Å². The van der Waals surface area contributed by atoms with Crippen molar-refractivity contribution in [3.8, 4) is 0 Å². The highest BCUT2D eigenvalue weighted by atomic mass is 31.2. The van der Waals surface area contributed by atoms with E-state index in [4.69, 9.17) is 23.3 Å². The molecule has 0 aliphatic rings. The smallest absolute Gasteiger partial charge is 0.462 e. The molecular weight excluding hydrogens is 880 g/mol. The minimum absolute atomic E-state index is 0.140. The monoisotopic (exact) mass is 977 g/mol. The Balaban J connectivity index is 4.72. The van der Waals surface area contributed by atoms with Crippen LogP contribution in [0.15, 0.2) is 72.9 Å². The molecule has 0 radical (unpaired) electrons. The molecule has 3 atom stereocenters. The van der Waals surface area contributed by atoms with Crippen molar-refractivity contribution < 1.29 is 52.2 Å². The Morgan fingerprint density at radius 3 is 1.22 bits per heavy atom. The summed E-state index contributed by atoms with van der Waals surface area (Å²) in [5.74, 6) is -1.51. The average Bonchev–Trinajstić information content (AvgIpc) is 3.32. The first-order valence-electron chi connectivity index (χ1n) is 26.8. The number of hydrogen-bond acceptors (Lipinski definition) is 10. The Hall–Kier alpha value is -3.08. The second-order valence-electron chi connectivity index (χ2n) is 17.7. The summed E-state index contributed by atoms with van der Waals surface area (Å²) in [5, 5.41) is 9.77. The first-order chi connectivity index (χ1) is 33.2. The van der Waals surface area contributed by atoms with Crippen molar-refractivity contribution in [2.75, 3.05) is 26.4 Å². The van der Waals surface area contributed by atoms with E-state index in [1.807, 2.05) is 0 Å². The predicted octanol–water partition coefficient (Wildman–Crippen LogP) is 15.4. The van der Waals surface area contributed by atoms with Crippen LogP contribution in [0.2, 0.25) is 0 Å². The van der Waals surface area contributed by atoms with Crippen LogP contribution in [0.3, 0.4) is 0 Å². The van der Waals surface area contributed by atoms with Gasteiger partial charge in [-0.2, -0.15) is 0 Å². The highest BCUT2D eigenvalue weighted by Crippen LogP contribution is 2.43. The summed E-state index contributed by atoms with van der Waals surface area (Å²) >= 11 is 0. The van der Waals surface area contributed by atoms with Gasteiger partial charge in [-0.05, 0) is 89.9 Å². The summed E-state index contributed by atoms with van der Waals surface area (Å²) in [7, 11) is -4.75. The normalized spacial score (nSPS) is 14.0. The van der Waals surface area contributed by atoms with Gasteiger partial charge in [0.25, 0.3) is 0 Å². The molecule has 0 saturated carbocycles. The van der Waals surface area contributed by atoms with Crippen molar-refractivity contribution in [2.24, 2.45) is 0 Å². The molecule has 0 aromatic heterocycles. The SMILES string of the molecule is CC/C=C\C/C=C\C/C=C\CCCCCC(=O)OC(CO)COP(=O)(O)OCC(COC(=O)CCCCCCCCCCC)OC(=O)CCCCCCCC/C=C\C/C=C\C/C=C\CCCCC. The largest absolute Gasteiger partial charge is 0.472 e. The van der Waals surface area contributed by atoms with Gasteiger partial charge in [-0.3, -0.25) is 23.4 Å². The number of allylic oxidation sites excluding steroid dienone is 12. The number of phosphoric acid groups is 1. The first-order valence-corrected chi connectivity index (χ1v) is 28.3. The maximum absolute atomic E-state index is 12.8. The van der Waals surface area contributed by atoms with Gasteiger partial charge in [-0.25, -0.2) is 4.57 Å². The van der Waals surface area contributed by atoms with E-state index < -0.39 is 57.8 Å². The fourth-order valence-corrected chi connectivity index (χ4v) is 7.81. The lowest BCUT2D eigenvalue weighted by atomic mass is 10.1. The molecule has 12 heteroatoms. The van der Waals surface area contributed by atoms with E-state index in [1.165, 1.54) is 57.8 Å². The minimum atomic E-state index is -4.75. The summed E-state index contributed by atoms with van der Waals surface area (Å²) in [6.07, 6.45) is 54.5. The van der Waals surface area contributed by atoms with Crippen LogP contribution >= 0.6 is 7.82 Å². The van der Waals surface area contributed by atoms with Crippen molar-refractivity contribution in [1.82, 2.24) is 0 Å². The number of esters is 3. The quantitative estimate of drug-likeness (QED) is 0.0197. The van der Waals surface area contributed by atoms with Crippen LogP contribution in [0.4, 0.5) is 0 Å². The number of hydrogen-bond donors (Lipinski definition) is 2. The molecule has 3 unspecified atom stereocenters. The van der Waals surface area contributed by atoms with E-state index in [2.05, 4.69) is 93.7 Å². The summed E-state index contributed by atoms with van der Waals surface area (Å²) in [6, 6.07) is 0. The Morgan fingerprint density at radius 2 is 0.765 bits per heavy atom. The molecule has 0 heterocycles. The van der Waals surface area contributed by atoms with Crippen LogP contribution in [0.1, 0.15) is 226 Å². The molecule has 0 bridgehead atoms. The molecule has 0 fully saturated rings. The second kappa shape index (κ2) is 50.3. The molecule has 11 nitrogen and oxygen atoms in total. The molecule has 0 aromatic carbocycles. The lowest BCUT2D eigenvalue weighted by Gasteiger charge is -2.21. The van der Waals surface area contributed by atoms with Crippen molar-refractivity contribution in [2.45, 2.75) is 238 Å². The minimum Gasteiger partial charge on any atom is -0.462 e. The molecule has 0 aromatic rings. The number of unbranched alkanes of at least 4 members (excludes halogenated alkanes) is 20. The van der Waals surface area contributed by atoms with Gasteiger partial charge in [0, 0.05) is 19.3 Å². The van der Waals surface area contributed by atoms with E-state index in [0.717, 1.165) is 109 Å². The van der Waals surface area contributed by atoms with Crippen molar-refractivity contribution in [3.05, 3.63) is 72.9 Å². The maximum Gasteiger partial charge on any atom is 0.472 e. The lowest BCUT2D eigenvalue weighted by molar-refractivity contribution is -0.161. The maximum atomic E-state index is 12.8. The van der Waals surface area contributed by atoms with E-state index in [9.17, 15) is 28.9 Å². The van der Waals surface area contributed by atoms with Crippen LogP contribution in [-0.4, -0.2) is 66.5 Å². The standard InChI is InChI=1S/C56H97O11P/c1-4-7-10-13-16-19-21-23-24-25-26-27-28-30-32-35-38-41-44-47-56(60)67-53(49-63-54(58)45-42-39-36-33-18-15-12-9-6-3)51-65-68(61,62)64-50-52(48-57)66-55(59)46-43-40-37-34-31-29-22-20-17-14-11-8-5-2/h8,11,16-17,19-20,23-24,26-27,29,31,52-53,57H,4-7,9-10,12-15,18,21-22,25,28,30,32-51H2,1-3H3,(H,61,62)/b11-8-,19-16-,20-17-,24-23-,27-26-,31-29-. The van der Waals surface area contributed by atoms with Gasteiger partial charge in [-0.15, -0.1) is 0 Å². The fourth-order valence-electron chi connectivity index (χ4n) is 7.02. The molecule has 0 amide bonds. The summed E-state index contributed by atoms with van der Waals surface area (Å²) in [5.41, 5.74) is 0. The molecule has 392 valence electrons. The number of aliphatic hydroxyl groups is 1. The van der Waals surface area contributed by atoms with Gasteiger partial charge in [0.05, 0.1) is 19.8 Å². The number of aliphatic hydroxyl groups excluding tert-OH is 1. The second-order valence-corrected chi connectivity index (χ2v) is 19.1. The van der Waals surface area contributed by atoms with Crippen LogP contribution in [0.5, 0.6) is 0 Å². The van der Waals surface area contributed by atoms with Gasteiger partial charge < -0.3 is 24.2 Å². The summed E-state index contributed by atoms with van der Waals surface area (Å²) < 4.78 is 39.3. The third-order valence-corrected chi connectivity index (χ3v) is 12.1. The van der Waals surface area contributed by atoms with Crippen molar-refractivity contribution >= 4 is 25.7 Å². The molecule has 0 aliphatic heterocycles. The molecule has 0 saturated heterocycles. The van der Waals surface area contributed by atoms with E-state index in [1.54, 1.807) is 0 Å². The zero-order chi connectivity index (χ0) is 49.9. The Kier molecular flexibility index (Phi) is 48.0. The lowest BCUT2D eigenvalue weighted by Crippen LogP contribution is -2.30. The van der Waals surface area contributed by atoms with Gasteiger partial charge in [-0.1, -0.05) is 190 Å². The molecule has 68 heavy (non-hydrogen) atoms. The topological polar surface area (TPSA) is 155 Å². The fraction of sp³-hybridized carbons (Fsp3) is 0.732. The predicted molar refractivity (Wildman–Crippen MR) is 279 cm³/mol. The van der Waals surface area contributed by atoms with Crippen molar-refractivity contribution in [3.63, 3.8) is 0 Å². The van der Waals surface area contributed by atoms with Crippen molar-refractivity contribution in [1.29, 1.82) is 0 Å². The highest BCUT2D eigenvalue weighted by Gasteiger charge is 2.28. The van der Waals surface area contributed by atoms with E-state index in [-0.39, 0.29) is 25.9 Å². The number of carbonyl (C=O) groups is 3. The number of ether oxygens (including phenoxy) is 3. The van der Waals surface area contributed by atoms with E-state index >= 15 is 0 Å². The first kappa shape index (κ1) is 64.9. The molecule has 0 spiro atoms. The highest BCUT2D eigenvalue weighted by molar-refractivity contribution is 7.47. The Morgan fingerprint density at radius 1 is 0.426 bits per heavy atom. The zero-order valence-corrected chi connectivity index (χ0v) is 43.9. The van der Waals surface area contributed by atoms with Crippen LogP contribution in [-0.2, 0) is 42.2 Å². The van der Waals surface area contributed by atoms with Crippen LogP contribution < -0.4 is 0 Å². The van der Waals surface area contributed by atoms with Gasteiger partial charge in [0.2, 0.25) is 0 Å². The third kappa shape index (κ3) is 48.0. The molecule has 2 N–H and O–H groups in total. The summed E-state index contributed by atoms with van der Waals surface area (Å²) in [6.45, 7) is 4.42. The van der Waals surface area contributed by atoms with Crippen LogP contribution in [0.25, 0.3) is 0 Å². The van der Waals surface area contributed by atoms with E-state index in [0.29, 0.717) is 19.3 Å². The van der Waals surface area contributed by atoms with Gasteiger partial charge >= 0.3 is 25.7 Å². The van der Waals surface area contributed by atoms with Gasteiger partial charge in [0.15, 0.2) is 6.10 Å². The third-order valence-electron chi connectivity index (χ3n) is 11.1. The summed E-state index contributed by atoms with van der Waals surface area (Å²) in [4.78, 5) is 48.3. The number of carbonyl (C=O) groups excluding carboxylic acids is 3. The number of phosphoric ester groups is 1.